The summed E-state index contributed by atoms with van der Waals surface area (Å²) in [7, 11) is 0. The first-order chi connectivity index (χ1) is 7.31. The Labute approximate surface area is 95.3 Å². The zero-order chi connectivity index (χ0) is 10.3. The van der Waals surface area contributed by atoms with Crippen LogP contribution in [0.5, 0.6) is 0 Å². The summed E-state index contributed by atoms with van der Waals surface area (Å²) in [5.74, 6) is 1.84. The molecule has 2 nitrogen and oxygen atoms in total. The van der Waals surface area contributed by atoms with Gasteiger partial charge in [0.2, 0.25) is 0 Å². The van der Waals surface area contributed by atoms with E-state index < -0.39 is 0 Å². The van der Waals surface area contributed by atoms with Gasteiger partial charge in [-0.1, -0.05) is 0 Å². The summed E-state index contributed by atoms with van der Waals surface area (Å²) in [6.45, 7) is 8.45. The van der Waals surface area contributed by atoms with Crippen molar-refractivity contribution in [3.63, 3.8) is 0 Å². The molecule has 2 aliphatic rings. The molecular formula is C12H18N2S. The Kier molecular flexibility index (Phi) is 2.54. The second-order valence-electron chi connectivity index (χ2n) is 4.88. The molecule has 2 atom stereocenters. The quantitative estimate of drug-likeness (QED) is 0.819. The SMILES string of the molecule is Cc1ccc(CN2CC3CNCC3C2)s1. The molecule has 0 bridgehead atoms. The molecule has 0 aliphatic carbocycles. The van der Waals surface area contributed by atoms with Crippen LogP contribution in [0.3, 0.4) is 0 Å². The van der Waals surface area contributed by atoms with Crippen LogP contribution in [0.15, 0.2) is 12.1 Å². The van der Waals surface area contributed by atoms with E-state index >= 15 is 0 Å². The molecule has 15 heavy (non-hydrogen) atoms. The number of thiophene rings is 1. The Balaban J connectivity index is 1.61. The van der Waals surface area contributed by atoms with Gasteiger partial charge in [0.1, 0.15) is 0 Å². The summed E-state index contributed by atoms with van der Waals surface area (Å²) >= 11 is 1.95. The van der Waals surface area contributed by atoms with Gasteiger partial charge in [0, 0.05) is 29.4 Å². The van der Waals surface area contributed by atoms with E-state index in [1.807, 2.05) is 11.3 Å². The molecule has 1 N–H and O–H groups in total. The van der Waals surface area contributed by atoms with E-state index in [0.717, 1.165) is 11.8 Å². The maximum atomic E-state index is 3.49. The highest BCUT2D eigenvalue weighted by Crippen LogP contribution is 2.28. The molecule has 0 saturated carbocycles. The van der Waals surface area contributed by atoms with Crippen LogP contribution in [0.25, 0.3) is 0 Å². The summed E-state index contributed by atoms with van der Waals surface area (Å²) in [4.78, 5) is 5.59. The number of fused-ring (bicyclic) bond motifs is 1. The number of aryl methyl sites for hydroxylation is 1. The van der Waals surface area contributed by atoms with Crippen molar-refractivity contribution >= 4 is 11.3 Å². The molecule has 0 radical (unpaired) electrons. The maximum absolute atomic E-state index is 3.49. The van der Waals surface area contributed by atoms with Crippen molar-refractivity contribution in [3.8, 4) is 0 Å². The van der Waals surface area contributed by atoms with Crippen molar-refractivity contribution < 1.29 is 0 Å². The molecule has 3 heterocycles. The van der Waals surface area contributed by atoms with Crippen LogP contribution >= 0.6 is 11.3 Å². The van der Waals surface area contributed by atoms with Gasteiger partial charge in [-0.2, -0.15) is 0 Å². The highest BCUT2D eigenvalue weighted by Gasteiger charge is 2.35. The largest absolute Gasteiger partial charge is 0.316 e. The molecule has 2 fully saturated rings. The summed E-state index contributed by atoms with van der Waals surface area (Å²) in [5.41, 5.74) is 0. The zero-order valence-corrected chi connectivity index (χ0v) is 10.0. The molecular weight excluding hydrogens is 204 g/mol. The van der Waals surface area contributed by atoms with E-state index in [1.165, 1.54) is 42.5 Å². The lowest BCUT2D eigenvalue weighted by atomic mass is 10.0. The average molecular weight is 222 g/mol. The lowest BCUT2D eigenvalue weighted by Gasteiger charge is -2.15. The monoisotopic (exact) mass is 222 g/mol. The Bertz CT molecular complexity index is 335. The Morgan fingerprint density at radius 1 is 1.33 bits per heavy atom. The van der Waals surface area contributed by atoms with E-state index in [1.54, 1.807) is 0 Å². The first-order valence-electron chi connectivity index (χ1n) is 5.79. The van der Waals surface area contributed by atoms with Crippen LogP contribution in [0.1, 0.15) is 9.75 Å². The minimum Gasteiger partial charge on any atom is -0.316 e. The summed E-state index contributed by atoms with van der Waals surface area (Å²) in [6, 6.07) is 4.52. The second kappa shape index (κ2) is 3.89. The minimum atomic E-state index is 0.922. The summed E-state index contributed by atoms with van der Waals surface area (Å²) in [5, 5.41) is 3.49. The topological polar surface area (TPSA) is 15.3 Å². The van der Waals surface area contributed by atoms with E-state index in [9.17, 15) is 0 Å². The second-order valence-corrected chi connectivity index (χ2v) is 6.26. The van der Waals surface area contributed by atoms with Crippen LogP contribution in [0, 0.1) is 18.8 Å². The average Bonchev–Trinajstić information content (AvgIpc) is 2.81. The van der Waals surface area contributed by atoms with E-state index in [4.69, 9.17) is 0 Å². The lowest BCUT2D eigenvalue weighted by Crippen LogP contribution is -2.24. The number of nitrogens with zero attached hydrogens (tertiary/aromatic N) is 1. The normalized spacial score (nSPS) is 31.0. The smallest absolute Gasteiger partial charge is 0.0328 e. The third-order valence-electron chi connectivity index (χ3n) is 3.64. The van der Waals surface area contributed by atoms with Gasteiger partial charge in [-0.05, 0) is 44.0 Å². The molecule has 3 rings (SSSR count). The van der Waals surface area contributed by atoms with Gasteiger partial charge >= 0.3 is 0 Å². The summed E-state index contributed by atoms with van der Waals surface area (Å²) < 4.78 is 0. The number of hydrogen-bond acceptors (Lipinski definition) is 3. The fourth-order valence-electron chi connectivity index (χ4n) is 2.87. The molecule has 0 amide bonds. The Hall–Kier alpha value is -0.380. The molecule has 2 aliphatic heterocycles. The molecule has 2 saturated heterocycles. The molecule has 0 aromatic carbocycles. The Morgan fingerprint density at radius 2 is 2.07 bits per heavy atom. The molecule has 3 heteroatoms. The van der Waals surface area contributed by atoms with Crippen molar-refractivity contribution in [2.75, 3.05) is 26.2 Å². The van der Waals surface area contributed by atoms with E-state index in [2.05, 4.69) is 29.3 Å². The standard InChI is InChI=1S/C12H18N2S/c1-9-2-3-12(15-9)8-14-6-10-4-13-5-11(10)7-14/h2-3,10-11,13H,4-8H2,1H3. The number of likely N-dealkylation sites (tertiary alicyclic amines) is 1. The molecule has 0 spiro atoms. The number of rotatable bonds is 2. The van der Waals surface area contributed by atoms with Crippen molar-refractivity contribution in [3.05, 3.63) is 21.9 Å². The first kappa shape index (κ1) is 9.82. The van der Waals surface area contributed by atoms with Gasteiger partial charge in [-0.25, -0.2) is 0 Å². The summed E-state index contributed by atoms with van der Waals surface area (Å²) in [6.07, 6.45) is 0. The molecule has 1 aromatic rings. The van der Waals surface area contributed by atoms with Crippen LogP contribution in [0.4, 0.5) is 0 Å². The third-order valence-corrected chi connectivity index (χ3v) is 4.63. The predicted octanol–water partition coefficient (Wildman–Crippen LogP) is 1.71. The molecule has 2 unspecified atom stereocenters. The van der Waals surface area contributed by atoms with Crippen molar-refractivity contribution in [1.82, 2.24) is 10.2 Å². The number of nitrogens with one attached hydrogen (secondary N) is 1. The van der Waals surface area contributed by atoms with Gasteiger partial charge in [-0.15, -0.1) is 11.3 Å². The predicted molar refractivity (Wildman–Crippen MR) is 64.2 cm³/mol. The first-order valence-corrected chi connectivity index (χ1v) is 6.61. The van der Waals surface area contributed by atoms with Crippen LogP contribution in [-0.2, 0) is 6.54 Å². The van der Waals surface area contributed by atoms with Gasteiger partial charge in [0.15, 0.2) is 0 Å². The lowest BCUT2D eigenvalue weighted by molar-refractivity contribution is 0.308. The zero-order valence-electron chi connectivity index (χ0n) is 9.20. The maximum Gasteiger partial charge on any atom is 0.0328 e. The fourth-order valence-corrected chi connectivity index (χ4v) is 3.80. The molecule has 1 aromatic heterocycles. The van der Waals surface area contributed by atoms with Crippen LogP contribution < -0.4 is 5.32 Å². The van der Waals surface area contributed by atoms with Crippen molar-refractivity contribution in [1.29, 1.82) is 0 Å². The van der Waals surface area contributed by atoms with Gasteiger partial charge in [0.25, 0.3) is 0 Å². The van der Waals surface area contributed by atoms with Crippen LogP contribution in [-0.4, -0.2) is 31.1 Å². The van der Waals surface area contributed by atoms with Gasteiger partial charge < -0.3 is 5.32 Å². The van der Waals surface area contributed by atoms with Crippen molar-refractivity contribution in [2.45, 2.75) is 13.5 Å². The van der Waals surface area contributed by atoms with E-state index in [-0.39, 0.29) is 0 Å². The van der Waals surface area contributed by atoms with Gasteiger partial charge in [-0.3, -0.25) is 4.90 Å². The van der Waals surface area contributed by atoms with E-state index in [0.29, 0.717) is 0 Å². The highest BCUT2D eigenvalue weighted by atomic mass is 32.1. The number of hydrogen-bond donors (Lipinski definition) is 1. The van der Waals surface area contributed by atoms with Crippen molar-refractivity contribution in [2.24, 2.45) is 11.8 Å². The van der Waals surface area contributed by atoms with Gasteiger partial charge in [0.05, 0.1) is 0 Å². The van der Waals surface area contributed by atoms with Crippen LogP contribution in [0.2, 0.25) is 0 Å². The minimum absolute atomic E-state index is 0.922. The molecule has 82 valence electrons. The Morgan fingerprint density at radius 3 is 2.67 bits per heavy atom. The third kappa shape index (κ3) is 1.96. The highest BCUT2D eigenvalue weighted by molar-refractivity contribution is 7.11. The fraction of sp³-hybridized carbons (Fsp3) is 0.667.